The van der Waals surface area contributed by atoms with Gasteiger partial charge in [0.2, 0.25) is 5.91 Å². The van der Waals surface area contributed by atoms with Crippen molar-refractivity contribution >= 4 is 38.8 Å². The largest absolute Gasteiger partial charge is 0.496 e. The normalized spacial score (nSPS) is 11.9. The average molecular weight is 574 g/mol. The maximum Gasteiger partial charge on any atom is 0.265 e. The number of hydrogen-bond acceptors (Lipinski definition) is 5. The molecule has 0 fully saturated rings. The molecule has 0 spiro atoms. The van der Waals surface area contributed by atoms with Crippen LogP contribution in [0.1, 0.15) is 52.9 Å². The van der Waals surface area contributed by atoms with Crippen molar-refractivity contribution in [1.82, 2.24) is 14.6 Å². The van der Waals surface area contributed by atoms with Gasteiger partial charge in [0, 0.05) is 48.2 Å². The lowest BCUT2D eigenvalue weighted by atomic mass is 10.00. The van der Waals surface area contributed by atoms with E-state index >= 15 is 0 Å². The molecule has 41 heavy (non-hydrogen) atoms. The molecule has 214 valence electrons. The highest BCUT2D eigenvalue weighted by molar-refractivity contribution is 7.90. The number of carbonyl (C=O) groups is 2. The van der Waals surface area contributed by atoms with E-state index in [9.17, 15) is 18.0 Å². The van der Waals surface area contributed by atoms with Crippen LogP contribution in [0.5, 0.6) is 5.75 Å². The molecule has 2 amide bonds. The van der Waals surface area contributed by atoms with Crippen LogP contribution in [0.4, 0.5) is 0 Å². The SMILES string of the molecule is CCCNC(=O)/C(C)=C/c1ccc2c(c1)c(Cc1ccc(C(=O)NS(=O)(=O)c3ccccc3C)cc1OC)cn2C. The number of rotatable bonds is 10. The maximum atomic E-state index is 12.9. The van der Waals surface area contributed by atoms with Gasteiger partial charge in [0.1, 0.15) is 5.75 Å². The van der Waals surface area contributed by atoms with Gasteiger partial charge in [-0.15, -0.1) is 0 Å². The highest BCUT2D eigenvalue weighted by Gasteiger charge is 2.21. The van der Waals surface area contributed by atoms with Crippen LogP contribution in [0.3, 0.4) is 0 Å². The number of fused-ring (bicyclic) bond motifs is 1. The summed E-state index contributed by atoms with van der Waals surface area (Å²) in [5.41, 5.74) is 5.20. The van der Waals surface area contributed by atoms with Crippen molar-refractivity contribution in [3.05, 3.63) is 100 Å². The third kappa shape index (κ3) is 6.69. The molecule has 0 aliphatic rings. The fraction of sp³-hybridized carbons (Fsp3) is 0.250. The van der Waals surface area contributed by atoms with E-state index in [2.05, 4.69) is 16.1 Å². The quantitative estimate of drug-likeness (QED) is 0.256. The highest BCUT2D eigenvalue weighted by Crippen LogP contribution is 2.29. The summed E-state index contributed by atoms with van der Waals surface area (Å²) in [7, 11) is -0.541. The molecule has 0 aliphatic heterocycles. The lowest BCUT2D eigenvalue weighted by molar-refractivity contribution is -0.117. The molecular formula is C32H35N3O5S. The molecule has 4 aromatic rings. The number of nitrogens with one attached hydrogen (secondary N) is 2. The molecule has 0 radical (unpaired) electrons. The number of ether oxygens (including phenoxy) is 1. The monoisotopic (exact) mass is 573 g/mol. The van der Waals surface area contributed by atoms with Gasteiger partial charge in [-0.1, -0.05) is 37.3 Å². The predicted octanol–water partition coefficient (Wildman–Crippen LogP) is 5.13. The van der Waals surface area contributed by atoms with Crippen LogP contribution in [-0.4, -0.2) is 38.5 Å². The summed E-state index contributed by atoms with van der Waals surface area (Å²) in [5.74, 6) is -0.346. The molecule has 0 saturated carbocycles. The fourth-order valence-electron chi connectivity index (χ4n) is 4.75. The van der Waals surface area contributed by atoms with Crippen LogP contribution in [0.15, 0.2) is 77.3 Å². The Balaban J connectivity index is 1.60. The topological polar surface area (TPSA) is 106 Å². The van der Waals surface area contributed by atoms with Gasteiger partial charge in [-0.2, -0.15) is 0 Å². The van der Waals surface area contributed by atoms with Gasteiger partial charge in [0.05, 0.1) is 12.0 Å². The average Bonchev–Trinajstić information content (AvgIpc) is 3.25. The number of aryl methyl sites for hydroxylation is 2. The van der Waals surface area contributed by atoms with Gasteiger partial charge in [-0.25, -0.2) is 13.1 Å². The summed E-state index contributed by atoms with van der Waals surface area (Å²) in [6.07, 6.45) is 5.32. The summed E-state index contributed by atoms with van der Waals surface area (Å²) in [4.78, 5) is 25.3. The van der Waals surface area contributed by atoms with E-state index in [0.717, 1.165) is 34.0 Å². The molecule has 8 nitrogen and oxygen atoms in total. The zero-order chi connectivity index (χ0) is 29.7. The van der Waals surface area contributed by atoms with Crippen molar-refractivity contribution in [2.24, 2.45) is 7.05 Å². The molecule has 0 bridgehead atoms. The summed E-state index contributed by atoms with van der Waals surface area (Å²) < 4.78 is 35.4. The number of sulfonamides is 1. The van der Waals surface area contributed by atoms with E-state index in [1.807, 2.05) is 42.9 Å². The molecule has 0 atom stereocenters. The molecular weight excluding hydrogens is 538 g/mol. The number of benzene rings is 3. The Kier molecular flexibility index (Phi) is 8.98. The van der Waals surface area contributed by atoms with Gasteiger partial charge in [0.25, 0.3) is 15.9 Å². The second-order valence-corrected chi connectivity index (χ2v) is 11.7. The number of nitrogens with zero attached hydrogens (tertiary/aromatic N) is 1. The first-order chi connectivity index (χ1) is 19.5. The van der Waals surface area contributed by atoms with Crippen LogP contribution in [0.2, 0.25) is 0 Å². The summed E-state index contributed by atoms with van der Waals surface area (Å²) in [6.45, 7) is 6.13. The summed E-state index contributed by atoms with van der Waals surface area (Å²) >= 11 is 0. The van der Waals surface area contributed by atoms with E-state index in [0.29, 0.717) is 29.9 Å². The van der Waals surface area contributed by atoms with E-state index in [4.69, 9.17) is 4.74 Å². The summed E-state index contributed by atoms with van der Waals surface area (Å²) in [6, 6.07) is 17.5. The second kappa shape index (κ2) is 12.4. The lowest BCUT2D eigenvalue weighted by Gasteiger charge is -2.12. The van der Waals surface area contributed by atoms with Crippen LogP contribution >= 0.6 is 0 Å². The Hall–Kier alpha value is -4.37. The molecule has 9 heteroatoms. The first-order valence-corrected chi connectivity index (χ1v) is 14.9. The number of amides is 2. The minimum Gasteiger partial charge on any atom is -0.496 e. The van der Waals surface area contributed by atoms with Gasteiger partial charge in [-0.3, -0.25) is 9.59 Å². The fourth-order valence-corrected chi connectivity index (χ4v) is 5.97. The minimum absolute atomic E-state index is 0.0545. The van der Waals surface area contributed by atoms with Crippen molar-refractivity contribution in [2.45, 2.75) is 38.5 Å². The van der Waals surface area contributed by atoms with Crippen molar-refractivity contribution in [2.75, 3.05) is 13.7 Å². The van der Waals surface area contributed by atoms with E-state index in [1.165, 1.54) is 13.2 Å². The van der Waals surface area contributed by atoms with Crippen molar-refractivity contribution in [3.8, 4) is 5.75 Å². The maximum absolute atomic E-state index is 12.9. The standard InChI is InChI=1S/C32H35N3O5S/c1-6-15-33-31(36)22(3)16-23-11-14-28-27(17-23)26(20-35(28)4)18-24-12-13-25(19-29(24)40-5)32(37)34-41(38,39)30-10-8-7-9-21(30)2/h7-14,16-17,19-20H,6,15,18H2,1-5H3,(H,33,36)(H,34,37)/b22-16+. The number of aromatic nitrogens is 1. The van der Waals surface area contributed by atoms with Crippen molar-refractivity contribution in [3.63, 3.8) is 0 Å². The molecule has 4 rings (SSSR count). The Morgan fingerprint density at radius 3 is 2.49 bits per heavy atom. The van der Waals surface area contributed by atoms with Gasteiger partial charge >= 0.3 is 0 Å². The molecule has 1 aromatic heterocycles. The number of hydrogen-bond donors (Lipinski definition) is 2. The zero-order valence-electron chi connectivity index (χ0n) is 23.9. The van der Waals surface area contributed by atoms with Gasteiger partial charge in [-0.05, 0) is 78.9 Å². The smallest absolute Gasteiger partial charge is 0.265 e. The van der Waals surface area contributed by atoms with Crippen molar-refractivity contribution in [1.29, 1.82) is 0 Å². The minimum atomic E-state index is -4.03. The van der Waals surface area contributed by atoms with E-state index in [-0.39, 0.29) is 16.4 Å². The van der Waals surface area contributed by atoms with Crippen LogP contribution < -0.4 is 14.8 Å². The Morgan fingerprint density at radius 2 is 1.78 bits per heavy atom. The molecule has 1 heterocycles. The second-order valence-electron chi connectivity index (χ2n) is 10.0. The van der Waals surface area contributed by atoms with E-state index in [1.54, 1.807) is 50.2 Å². The van der Waals surface area contributed by atoms with Crippen LogP contribution in [-0.2, 0) is 28.3 Å². The Morgan fingerprint density at radius 1 is 1.02 bits per heavy atom. The summed E-state index contributed by atoms with van der Waals surface area (Å²) in [5, 5.41) is 3.94. The first-order valence-electron chi connectivity index (χ1n) is 13.4. The molecule has 0 unspecified atom stereocenters. The molecule has 0 saturated heterocycles. The third-order valence-electron chi connectivity index (χ3n) is 6.91. The predicted molar refractivity (Wildman–Crippen MR) is 162 cm³/mol. The van der Waals surface area contributed by atoms with Crippen LogP contribution in [0.25, 0.3) is 17.0 Å². The van der Waals surface area contributed by atoms with Crippen molar-refractivity contribution < 1.29 is 22.7 Å². The lowest BCUT2D eigenvalue weighted by Crippen LogP contribution is -2.31. The molecule has 0 aliphatic carbocycles. The molecule has 3 aromatic carbocycles. The Labute approximate surface area is 241 Å². The molecule has 2 N–H and O–H groups in total. The van der Waals surface area contributed by atoms with Gasteiger partial charge < -0.3 is 14.6 Å². The Bertz CT molecular complexity index is 1750. The highest BCUT2D eigenvalue weighted by atomic mass is 32.2. The first kappa shape index (κ1) is 29.6. The number of carbonyl (C=O) groups excluding carboxylic acids is 2. The van der Waals surface area contributed by atoms with Gasteiger partial charge in [0.15, 0.2) is 0 Å². The zero-order valence-corrected chi connectivity index (χ0v) is 24.8. The third-order valence-corrected chi connectivity index (χ3v) is 8.40. The number of methoxy groups -OCH3 is 1. The van der Waals surface area contributed by atoms with Crippen LogP contribution in [0, 0.1) is 6.92 Å². The van der Waals surface area contributed by atoms with E-state index < -0.39 is 15.9 Å².